The van der Waals surface area contributed by atoms with Gasteiger partial charge in [0.15, 0.2) is 0 Å². The van der Waals surface area contributed by atoms with Crippen LogP contribution in [0.1, 0.15) is 16.1 Å². The third-order valence-corrected chi connectivity index (χ3v) is 4.44. The number of aryl methyl sites for hydroxylation is 1. The molecule has 3 aromatic rings. The zero-order valence-electron chi connectivity index (χ0n) is 14.0. The van der Waals surface area contributed by atoms with Crippen molar-refractivity contribution < 1.29 is 4.79 Å². The Labute approximate surface area is 155 Å². The molecule has 126 valence electrons. The van der Waals surface area contributed by atoms with Crippen molar-refractivity contribution in [1.29, 1.82) is 0 Å². The number of anilines is 3. The molecule has 0 aliphatic carbocycles. The Hall–Kier alpha value is -2.66. The Morgan fingerprint density at radius 1 is 1.04 bits per heavy atom. The Kier molecular flexibility index (Phi) is 5.14. The molecule has 0 aliphatic rings. The van der Waals surface area contributed by atoms with Crippen LogP contribution in [-0.4, -0.2) is 17.9 Å². The Balaban J connectivity index is 1.82. The number of nitrogens with zero attached hydrogens (tertiary/aromatic N) is 2. The SMILES string of the molecule is Cc1cc(Br)ccc1NC(=O)c1cc(N(C)c2ccccc2)ccn1. The highest BCUT2D eigenvalue weighted by molar-refractivity contribution is 9.10. The fraction of sp³-hybridized carbons (Fsp3) is 0.100. The molecule has 5 heteroatoms. The Morgan fingerprint density at radius 2 is 1.80 bits per heavy atom. The van der Waals surface area contributed by atoms with Gasteiger partial charge in [0.1, 0.15) is 5.69 Å². The lowest BCUT2D eigenvalue weighted by atomic mass is 10.2. The minimum absolute atomic E-state index is 0.228. The summed E-state index contributed by atoms with van der Waals surface area (Å²) in [4.78, 5) is 18.8. The molecule has 2 aromatic carbocycles. The first-order valence-electron chi connectivity index (χ1n) is 7.87. The van der Waals surface area contributed by atoms with Gasteiger partial charge in [-0.05, 0) is 55.0 Å². The second-order valence-electron chi connectivity index (χ2n) is 5.71. The number of hydrogen-bond acceptors (Lipinski definition) is 3. The largest absolute Gasteiger partial charge is 0.345 e. The Bertz CT molecular complexity index is 896. The van der Waals surface area contributed by atoms with Crippen LogP contribution in [0.2, 0.25) is 0 Å². The molecule has 1 heterocycles. The van der Waals surface area contributed by atoms with Crippen LogP contribution in [0.3, 0.4) is 0 Å². The summed E-state index contributed by atoms with van der Waals surface area (Å²) in [6, 6.07) is 19.4. The highest BCUT2D eigenvalue weighted by Gasteiger charge is 2.12. The quantitative estimate of drug-likeness (QED) is 0.662. The van der Waals surface area contributed by atoms with Crippen LogP contribution in [0.4, 0.5) is 17.1 Å². The van der Waals surface area contributed by atoms with E-state index < -0.39 is 0 Å². The van der Waals surface area contributed by atoms with Crippen molar-refractivity contribution in [3.05, 3.63) is 82.6 Å². The molecule has 0 radical (unpaired) electrons. The van der Waals surface area contributed by atoms with E-state index in [4.69, 9.17) is 0 Å². The number of pyridine rings is 1. The minimum atomic E-state index is -0.228. The third kappa shape index (κ3) is 4.06. The number of rotatable bonds is 4. The standard InChI is InChI=1S/C20H18BrN3O/c1-14-12-15(21)8-9-18(14)23-20(25)19-13-17(10-11-22-19)24(2)16-6-4-3-5-7-16/h3-13H,1-2H3,(H,23,25). The van der Waals surface area contributed by atoms with E-state index in [-0.39, 0.29) is 5.91 Å². The van der Waals surface area contributed by atoms with Crippen LogP contribution in [0.5, 0.6) is 0 Å². The van der Waals surface area contributed by atoms with Gasteiger partial charge in [0.2, 0.25) is 0 Å². The maximum Gasteiger partial charge on any atom is 0.274 e. The van der Waals surface area contributed by atoms with E-state index in [9.17, 15) is 4.79 Å². The van der Waals surface area contributed by atoms with Gasteiger partial charge >= 0.3 is 0 Å². The lowest BCUT2D eigenvalue weighted by Gasteiger charge is -2.19. The van der Waals surface area contributed by atoms with E-state index >= 15 is 0 Å². The first kappa shape index (κ1) is 17.2. The lowest BCUT2D eigenvalue weighted by Crippen LogP contribution is -2.16. The van der Waals surface area contributed by atoms with Crippen LogP contribution in [-0.2, 0) is 0 Å². The number of aromatic nitrogens is 1. The van der Waals surface area contributed by atoms with Gasteiger partial charge in [-0.15, -0.1) is 0 Å². The number of carbonyl (C=O) groups excluding carboxylic acids is 1. The van der Waals surface area contributed by atoms with Crippen molar-refractivity contribution in [2.24, 2.45) is 0 Å². The maximum atomic E-state index is 12.6. The summed E-state index contributed by atoms with van der Waals surface area (Å²) in [6.07, 6.45) is 1.65. The molecule has 25 heavy (non-hydrogen) atoms. The van der Waals surface area contributed by atoms with Crippen LogP contribution in [0, 0.1) is 6.92 Å². The molecular weight excluding hydrogens is 378 g/mol. The van der Waals surface area contributed by atoms with Crippen LogP contribution in [0.15, 0.2) is 71.3 Å². The Morgan fingerprint density at radius 3 is 2.52 bits per heavy atom. The van der Waals surface area contributed by atoms with Gasteiger partial charge in [-0.25, -0.2) is 0 Å². The first-order valence-corrected chi connectivity index (χ1v) is 8.66. The molecule has 4 nitrogen and oxygen atoms in total. The third-order valence-electron chi connectivity index (χ3n) is 3.94. The van der Waals surface area contributed by atoms with Gasteiger partial charge in [-0.2, -0.15) is 0 Å². The van der Waals surface area contributed by atoms with E-state index in [0.29, 0.717) is 5.69 Å². The van der Waals surface area contributed by atoms with E-state index in [1.54, 1.807) is 12.3 Å². The topological polar surface area (TPSA) is 45.2 Å². The van der Waals surface area contributed by atoms with E-state index in [2.05, 4.69) is 26.2 Å². The molecule has 0 fully saturated rings. The normalized spacial score (nSPS) is 10.4. The molecule has 1 aromatic heterocycles. The molecule has 0 saturated heterocycles. The number of nitrogens with one attached hydrogen (secondary N) is 1. The summed E-state index contributed by atoms with van der Waals surface area (Å²) < 4.78 is 0.979. The zero-order chi connectivity index (χ0) is 17.8. The van der Waals surface area contributed by atoms with Crippen LogP contribution in [0.25, 0.3) is 0 Å². The molecule has 0 aliphatic heterocycles. The average Bonchev–Trinajstić information content (AvgIpc) is 2.64. The smallest absolute Gasteiger partial charge is 0.274 e. The molecule has 0 spiro atoms. The van der Waals surface area contributed by atoms with Gasteiger partial charge in [-0.1, -0.05) is 34.1 Å². The molecular formula is C20H18BrN3O. The molecule has 0 atom stereocenters. The molecule has 0 unspecified atom stereocenters. The van der Waals surface area contributed by atoms with E-state index in [0.717, 1.165) is 27.1 Å². The summed E-state index contributed by atoms with van der Waals surface area (Å²) >= 11 is 3.42. The number of para-hydroxylation sites is 1. The molecule has 0 bridgehead atoms. The van der Waals surface area contributed by atoms with Crippen molar-refractivity contribution in [3.63, 3.8) is 0 Å². The van der Waals surface area contributed by atoms with E-state index in [1.165, 1.54) is 0 Å². The number of benzene rings is 2. The average molecular weight is 396 g/mol. The summed E-state index contributed by atoms with van der Waals surface area (Å²) in [7, 11) is 1.96. The van der Waals surface area contributed by atoms with Crippen LogP contribution < -0.4 is 10.2 Å². The van der Waals surface area contributed by atoms with Crippen molar-refractivity contribution in [2.75, 3.05) is 17.3 Å². The predicted octanol–water partition coefficient (Wildman–Crippen LogP) is 5.17. The van der Waals surface area contributed by atoms with E-state index in [1.807, 2.05) is 73.5 Å². The highest BCUT2D eigenvalue weighted by Crippen LogP contribution is 2.24. The van der Waals surface area contributed by atoms with Crippen LogP contribution >= 0.6 is 15.9 Å². The molecule has 1 amide bonds. The summed E-state index contributed by atoms with van der Waals surface area (Å²) in [5.74, 6) is -0.228. The fourth-order valence-electron chi connectivity index (χ4n) is 2.51. The second-order valence-corrected chi connectivity index (χ2v) is 6.62. The fourth-order valence-corrected chi connectivity index (χ4v) is 2.98. The summed E-state index contributed by atoms with van der Waals surface area (Å²) in [5, 5.41) is 2.92. The van der Waals surface area contributed by atoms with Gasteiger partial charge in [-0.3, -0.25) is 9.78 Å². The second kappa shape index (κ2) is 7.49. The van der Waals surface area contributed by atoms with Crippen molar-refractivity contribution >= 4 is 38.9 Å². The van der Waals surface area contributed by atoms with Gasteiger partial charge in [0.25, 0.3) is 5.91 Å². The minimum Gasteiger partial charge on any atom is -0.345 e. The number of carbonyl (C=O) groups is 1. The van der Waals surface area contributed by atoms with Gasteiger partial charge in [0, 0.05) is 34.8 Å². The molecule has 3 rings (SSSR count). The zero-order valence-corrected chi connectivity index (χ0v) is 15.6. The first-order chi connectivity index (χ1) is 12.0. The summed E-state index contributed by atoms with van der Waals surface area (Å²) in [5.41, 5.74) is 4.09. The molecule has 0 saturated carbocycles. The van der Waals surface area contributed by atoms with Crippen molar-refractivity contribution in [2.45, 2.75) is 6.92 Å². The highest BCUT2D eigenvalue weighted by atomic mass is 79.9. The number of amides is 1. The monoisotopic (exact) mass is 395 g/mol. The lowest BCUT2D eigenvalue weighted by molar-refractivity contribution is 0.102. The van der Waals surface area contributed by atoms with Gasteiger partial charge < -0.3 is 10.2 Å². The predicted molar refractivity (Wildman–Crippen MR) is 106 cm³/mol. The molecule has 1 N–H and O–H groups in total. The van der Waals surface area contributed by atoms with Gasteiger partial charge in [0.05, 0.1) is 0 Å². The van der Waals surface area contributed by atoms with Crippen molar-refractivity contribution in [1.82, 2.24) is 4.98 Å². The van der Waals surface area contributed by atoms with Crippen molar-refractivity contribution in [3.8, 4) is 0 Å². The maximum absolute atomic E-state index is 12.6. The number of halogens is 1. The number of hydrogen-bond donors (Lipinski definition) is 1. The summed E-state index contributed by atoms with van der Waals surface area (Å²) in [6.45, 7) is 1.95.